The molecule has 0 radical (unpaired) electrons. The van der Waals surface area contributed by atoms with Gasteiger partial charge in [-0.25, -0.2) is 0 Å². The maximum Gasteiger partial charge on any atom is 0.303 e. The summed E-state index contributed by atoms with van der Waals surface area (Å²) in [7, 11) is 0. The number of anilines is 1. The zero-order valence-electron chi connectivity index (χ0n) is 20.5. The number of hydrogen-bond donors (Lipinski definition) is 2. The predicted molar refractivity (Wildman–Crippen MR) is 137 cm³/mol. The molecular formula is C29H33NO5. The topological polar surface area (TPSA) is 84.9 Å². The molecule has 0 aliphatic rings. The summed E-state index contributed by atoms with van der Waals surface area (Å²) in [5.74, 6) is 0.713. The van der Waals surface area contributed by atoms with Gasteiger partial charge >= 0.3 is 5.97 Å². The van der Waals surface area contributed by atoms with Gasteiger partial charge in [0.1, 0.15) is 18.1 Å². The number of hydrogen-bond acceptors (Lipinski definition) is 4. The molecule has 0 saturated heterocycles. The van der Waals surface area contributed by atoms with E-state index >= 15 is 0 Å². The first-order valence-corrected chi connectivity index (χ1v) is 11.9. The van der Waals surface area contributed by atoms with Crippen LogP contribution >= 0.6 is 0 Å². The molecule has 0 unspecified atom stereocenters. The van der Waals surface area contributed by atoms with E-state index in [9.17, 15) is 9.59 Å². The highest BCUT2D eigenvalue weighted by Crippen LogP contribution is 2.26. The number of carbonyl (C=O) groups is 2. The number of aryl methyl sites for hydroxylation is 1. The average Bonchev–Trinajstić information content (AvgIpc) is 2.82. The van der Waals surface area contributed by atoms with Gasteiger partial charge in [0.05, 0.1) is 12.3 Å². The first-order valence-electron chi connectivity index (χ1n) is 11.9. The van der Waals surface area contributed by atoms with E-state index in [0.29, 0.717) is 41.7 Å². The third-order valence-electron chi connectivity index (χ3n) is 5.44. The number of aliphatic carboxylic acids is 1. The maximum absolute atomic E-state index is 12.9. The Hall–Kier alpha value is -3.80. The summed E-state index contributed by atoms with van der Waals surface area (Å²) in [5, 5.41) is 11.7. The van der Waals surface area contributed by atoms with E-state index in [1.165, 1.54) is 5.56 Å². The van der Waals surface area contributed by atoms with Gasteiger partial charge < -0.3 is 19.9 Å². The van der Waals surface area contributed by atoms with Crippen LogP contribution in [-0.4, -0.2) is 23.6 Å². The van der Waals surface area contributed by atoms with Crippen LogP contribution in [-0.2, 0) is 17.8 Å². The minimum atomic E-state index is -0.863. The van der Waals surface area contributed by atoms with Crippen LogP contribution in [0.3, 0.4) is 0 Å². The van der Waals surface area contributed by atoms with Crippen LogP contribution in [0.4, 0.5) is 5.69 Å². The summed E-state index contributed by atoms with van der Waals surface area (Å²) in [6.07, 6.45) is 1.48. The fraction of sp³-hybridized carbons (Fsp3) is 0.310. The van der Waals surface area contributed by atoms with Crippen LogP contribution < -0.4 is 14.8 Å². The molecule has 0 saturated carbocycles. The summed E-state index contributed by atoms with van der Waals surface area (Å²) in [6, 6.07) is 21.0. The van der Waals surface area contributed by atoms with Crippen LogP contribution in [0, 0.1) is 12.8 Å². The molecule has 0 aromatic heterocycles. The molecule has 35 heavy (non-hydrogen) atoms. The normalized spacial score (nSPS) is 10.7. The van der Waals surface area contributed by atoms with Crippen LogP contribution in [0.5, 0.6) is 11.5 Å². The van der Waals surface area contributed by atoms with Crippen molar-refractivity contribution in [2.45, 2.75) is 46.6 Å². The zero-order valence-corrected chi connectivity index (χ0v) is 20.5. The highest BCUT2D eigenvalue weighted by atomic mass is 16.5. The van der Waals surface area contributed by atoms with E-state index in [0.717, 1.165) is 17.5 Å². The number of ether oxygens (including phenoxy) is 2. The monoisotopic (exact) mass is 475 g/mol. The van der Waals surface area contributed by atoms with Crippen LogP contribution in [0.15, 0.2) is 66.7 Å². The first-order chi connectivity index (χ1) is 16.8. The third-order valence-corrected chi connectivity index (χ3v) is 5.44. The molecule has 0 bridgehead atoms. The molecule has 6 nitrogen and oxygen atoms in total. The van der Waals surface area contributed by atoms with Crippen molar-refractivity contribution in [3.63, 3.8) is 0 Å². The maximum atomic E-state index is 12.9. The minimum absolute atomic E-state index is 0.0333. The number of carboxylic acids is 1. The Morgan fingerprint density at radius 2 is 1.66 bits per heavy atom. The number of nitrogens with one attached hydrogen (secondary N) is 1. The van der Waals surface area contributed by atoms with Crippen LogP contribution in [0.25, 0.3) is 0 Å². The predicted octanol–water partition coefficient (Wildman–Crippen LogP) is 6.27. The Morgan fingerprint density at radius 3 is 2.34 bits per heavy atom. The van der Waals surface area contributed by atoms with E-state index in [2.05, 4.69) is 43.4 Å². The molecular weight excluding hydrogens is 442 g/mol. The van der Waals surface area contributed by atoms with E-state index in [1.54, 1.807) is 36.4 Å². The van der Waals surface area contributed by atoms with Gasteiger partial charge in [-0.2, -0.15) is 0 Å². The molecule has 6 heteroatoms. The van der Waals surface area contributed by atoms with Crippen molar-refractivity contribution < 1.29 is 24.2 Å². The Labute approximate surface area is 206 Å². The zero-order chi connectivity index (χ0) is 25.2. The third kappa shape index (κ3) is 8.18. The van der Waals surface area contributed by atoms with Crippen LogP contribution in [0.2, 0.25) is 0 Å². The number of benzene rings is 3. The Balaban J connectivity index is 1.58. The summed E-state index contributed by atoms with van der Waals surface area (Å²) in [6.45, 7) is 7.00. The Kier molecular flexibility index (Phi) is 9.30. The van der Waals surface area contributed by atoms with Gasteiger partial charge in [0.2, 0.25) is 0 Å². The SMILES string of the molecule is Cc1cc(OCc2ccc(CC(C)C)cc2)ccc1C(=O)Nc1ccccc1OCCCC(=O)O. The van der Waals surface area contributed by atoms with Gasteiger partial charge in [-0.3, -0.25) is 9.59 Å². The van der Waals surface area contributed by atoms with Crippen molar-refractivity contribution in [1.82, 2.24) is 0 Å². The summed E-state index contributed by atoms with van der Waals surface area (Å²) < 4.78 is 11.6. The lowest BCUT2D eigenvalue weighted by Gasteiger charge is -2.14. The molecule has 0 heterocycles. The average molecular weight is 476 g/mol. The van der Waals surface area contributed by atoms with Crippen LogP contribution in [0.1, 0.15) is 53.7 Å². The molecule has 0 fully saturated rings. The lowest BCUT2D eigenvalue weighted by molar-refractivity contribution is -0.137. The standard InChI is InChI=1S/C29H33NO5/c1-20(2)17-22-10-12-23(13-11-22)19-35-24-14-15-25(21(3)18-24)29(33)30-26-7-4-5-8-27(26)34-16-6-9-28(31)32/h4-5,7-8,10-15,18,20H,6,9,16-17,19H2,1-3H3,(H,30,33)(H,31,32). The molecule has 2 N–H and O–H groups in total. The van der Waals surface area contributed by atoms with E-state index < -0.39 is 5.97 Å². The van der Waals surface area contributed by atoms with Crippen molar-refractivity contribution >= 4 is 17.6 Å². The lowest BCUT2D eigenvalue weighted by Crippen LogP contribution is -2.14. The summed E-state index contributed by atoms with van der Waals surface area (Å²) >= 11 is 0. The quantitative estimate of drug-likeness (QED) is 0.302. The smallest absolute Gasteiger partial charge is 0.303 e. The van der Waals surface area contributed by atoms with Crippen molar-refractivity contribution in [3.05, 3.63) is 89.0 Å². The van der Waals surface area contributed by atoms with E-state index in [-0.39, 0.29) is 18.9 Å². The number of carbonyl (C=O) groups excluding carboxylic acids is 1. The first kappa shape index (κ1) is 25.8. The molecule has 3 aromatic rings. The van der Waals surface area contributed by atoms with Crippen molar-refractivity contribution in [2.24, 2.45) is 5.92 Å². The Morgan fingerprint density at radius 1 is 0.943 bits per heavy atom. The number of carboxylic acid groups (broad SMARTS) is 1. The minimum Gasteiger partial charge on any atom is -0.491 e. The van der Waals surface area contributed by atoms with Crippen molar-refractivity contribution in [1.29, 1.82) is 0 Å². The van der Waals surface area contributed by atoms with E-state index in [1.807, 2.05) is 13.0 Å². The van der Waals surface area contributed by atoms with E-state index in [4.69, 9.17) is 14.6 Å². The molecule has 1 amide bonds. The van der Waals surface area contributed by atoms with Crippen molar-refractivity contribution in [3.8, 4) is 11.5 Å². The second-order valence-corrected chi connectivity index (χ2v) is 8.98. The molecule has 0 aliphatic carbocycles. The second-order valence-electron chi connectivity index (χ2n) is 8.98. The molecule has 0 atom stereocenters. The molecule has 0 spiro atoms. The summed E-state index contributed by atoms with van der Waals surface area (Å²) in [4.78, 5) is 23.6. The van der Waals surface area contributed by atoms with Gasteiger partial charge in [0, 0.05) is 12.0 Å². The molecule has 0 aliphatic heterocycles. The van der Waals surface area contributed by atoms with Gasteiger partial charge in [-0.1, -0.05) is 50.2 Å². The molecule has 3 aromatic carbocycles. The fourth-order valence-electron chi connectivity index (χ4n) is 3.68. The molecule has 3 rings (SSSR count). The number of rotatable bonds is 12. The summed E-state index contributed by atoms with van der Waals surface area (Å²) in [5.41, 5.74) is 4.29. The van der Waals surface area contributed by atoms with Gasteiger partial charge in [-0.15, -0.1) is 0 Å². The molecule has 184 valence electrons. The fourth-order valence-corrected chi connectivity index (χ4v) is 3.68. The highest BCUT2D eigenvalue weighted by Gasteiger charge is 2.13. The van der Waals surface area contributed by atoms with Gasteiger partial charge in [-0.05, 0) is 72.7 Å². The van der Waals surface area contributed by atoms with Gasteiger partial charge in [0.25, 0.3) is 5.91 Å². The Bertz CT molecular complexity index is 1140. The highest BCUT2D eigenvalue weighted by molar-refractivity contribution is 6.06. The largest absolute Gasteiger partial charge is 0.491 e. The van der Waals surface area contributed by atoms with Gasteiger partial charge in [0.15, 0.2) is 0 Å². The number of para-hydroxylation sites is 2. The second kappa shape index (κ2) is 12.6. The lowest BCUT2D eigenvalue weighted by atomic mass is 10.0. The number of amides is 1. The van der Waals surface area contributed by atoms with Crippen molar-refractivity contribution in [2.75, 3.05) is 11.9 Å².